The minimum absolute atomic E-state index is 0.370. The molecular weight excluding hydrogens is 254 g/mol. The summed E-state index contributed by atoms with van der Waals surface area (Å²) in [5.74, 6) is -1.27. The zero-order valence-corrected chi connectivity index (χ0v) is 10.6. The van der Waals surface area contributed by atoms with Gasteiger partial charge >= 0.3 is 5.97 Å². The molecule has 0 atom stereocenters. The molecule has 0 heterocycles. The Morgan fingerprint density at radius 3 is 2.25 bits per heavy atom. The lowest BCUT2D eigenvalue weighted by Gasteiger charge is -2.04. The summed E-state index contributed by atoms with van der Waals surface area (Å²) in [7, 11) is 0. The van der Waals surface area contributed by atoms with E-state index in [0.717, 1.165) is 5.56 Å². The number of oxime groups is 1. The van der Waals surface area contributed by atoms with E-state index in [0.29, 0.717) is 11.1 Å². The van der Waals surface area contributed by atoms with E-state index in [1.165, 1.54) is 0 Å². The number of nitrogens with zero attached hydrogens (tertiary/aromatic N) is 1. The molecule has 0 aromatic heterocycles. The number of hydrogen-bond acceptors (Lipinski definition) is 3. The largest absolute Gasteiger partial charge is 0.476 e. The third-order valence-corrected chi connectivity index (χ3v) is 2.77. The van der Waals surface area contributed by atoms with E-state index in [4.69, 9.17) is 10.3 Å². The molecule has 0 saturated carbocycles. The Morgan fingerprint density at radius 1 is 0.950 bits per heavy atom. The number of rotatable bonds is 4. The van der Waals surface area contributed by atoms with Gasteiger partial charge in [0.1, 0.15) is 0 Å². The summed E-state index contributed by atoms with van der Waals surface area (Å²) in [5.41, 5.74) is 1.67. The van der Waals surface area contributed by atoms with Crippen LogP contribution in [0.1, 0.15) is 16.7 Å². The minimum atomic E-state index is -1.27. The second-order valence-electron chi connectivity index (χ2n) is 4.09. The monoisotopic (exact) mass is 267 g/mol. The van der Waals surface area contributed by atoms with Crippen molar-refractivity contribution in [2.75, 3.05) is 0 Å². The highest BCUT2D eigenvalue weighted by Gasteiger charge is 2.15. The van der Waals surface area contributed by atoms with Crippen LogP contribution in [0.25, 0.3) is 12.2 Å². The summed E-state index contributed by atoms with van der Waals surface area (Å²) < 4.78 is 0. The average molecular weight is 267 g/mol. The van der Waals surface area contributed by atoms with Crippen molar-refractivity contribution in [3.05, 3.63) is 71.3 Å². The van der Waals surface area contributed by atoms with Crippen molar-refractivity contribution in [2.45, 2.75) is 0 Å². The van der Waals surface area contributed by atoms with Gasteiger partial charge in [-0.2, -0.15) is 0 Å². The van der Waals surface area contributed by atoms with Crippen LogP contribution in [0.15, 0.2) is 59.8 Å². The fraction of sp³-hybridized carbons (Fsp3) is 0. The molecule has 0 unspecified atom stereocenters. The molecule has 0 bridgehead atoms. The number of benzene rings is 2. The van der Waals surface area contributed by atoms with Gasteiger partial charge in [0, 0.05) is 5.56 Å². The normalized spacial score (nSPS) is 11.7. The van der Waals surface area contributed by atoms with E-state index in [1.54, 1.807) is 30.3 Å². The maximum Gasteiger partial charge on any atom is 0.358 e. The van der Waals surface area contributed by atoms with Gasteiger partial charge in [0.25, 0.3) is 0 Å². The van der Waals surface area contributed by atoms with Gasteiger partial charge in [0.2, 0.25) is 0 Å². The van der Waals surface area contributed by atoms with Crippen molar-refractivity contribution in [3.63, 3.8) is 0 Å². The van der Waals surface area contributed by atoms with Crippen LogP contribution < -0.4 is 0 Å². The third-order valence-electron chi connectivity index (χ3n) is 2.77. The van der Waals surface area contributed by atoms with Crippen LogP contribution in [0, 0.1) is 0 Å². The highest BCUT2D eigenvalue weighted by Crippen LogP contribution is 2.14. The molecule has 0 aliphatic rings. The molecule has 0 amide bonds. The Bertz CT molecular complexity index is 660. The predicted molar refractivity (Wildman–Crippen MR) is 77.8 cm³/mol. The molecule has 4 nitrogen and oxygen atoms in total. The fourth-order valence-corrected chi connectivity index (χ4v) is 1.82. The number of hydrogen-bond donors (Lipinski definition) is 2. The van der Waals surface area contributed by atoms with E-state index < -0.39 is 5.97 Å². The zero-order valence-electron chi connectivity index (χ0n) is 10.6. The summed E-state index contributed by atoms with van der Waals surface area (Å²) >= 11 is 0. The maximum absolute atomic E-state index is 11.0. The van der Waals surface area contributed by atoms with Crippen LogP contribution in [0.4, 0.5) is 0 Å². The summed E-state index contributed by atoms with van der Waals surface area (Å²) in [6.45, 7) is 0. The second-order valence-corrected chi connectivity index (χ2v) is 4.09. The summed E-state index contributed by atoms with van der Waals surface area (Å²) in [4.78, 5) is 11.0. The second kappa shape index (κ2) is 6.33. The molecule has 2 rings (SSSR count). The SMILES string of the molecule is O=C(O)/C(=N\O)c1ccccc1/C=C/c1ccccc1. The molecule has 2 aromatic rings. The number of carbonyl (C=O) groups is 1. The third kappa shape index (κ3) is 3.11. The van der Waals surface area contributed by atoms with Gasteiger partial charge in [-0.3, -0.25) is 0 Å². The van der Waals surface area contributed by atoms with Gasteiger partial charge < -0.3 is 10.3 Å². The van der Waals surface area contributed by atoms with E-state index in [2.05, 4.69) is 5.16 Å². The van der Waals surface area contributed by atoms with Crippen molar-refractivity contribution in [1.82, 2.24) is 0 Å². The first kappa shape index (κ1) is 13.5. The maximum atomic E-state index is 11.0. The van der Waals surface area contributed by atoms with Crippen molar-refractivity contribution in [3.8, 4) is 0 Å². The van der Waals surface area contributed by atoms with Crippen molar-refractivity contribution in [1.29, 1.82) is 0 Å². The van der Waals surface area contributed by atoms with Crippen LogP contribution in [-0.4, -0.2) is 22.0 Å². The molecule has 20 heavy (non-hydrogen) atoms. The van der Waals surface area contributed by atoms with Gasteiger partial charge in [-0.1, -0.05) is 71.9 Å². The van der Waals surface area contributed by atoms with Crippen LogP contribution in [0.2, 0.25) is 0 Å². The Hall–Kier alpha value is -2.88. The van der Waals surface area contributed by atoms with Crippen molar-refractivity contribution >= 4 is 23.8 Å². The van der Waals surface area contributed by atoms with Gasteiger partial charge in [-0.15, -0.1) is 0 Å². The van der Waals surface area contributed by atoms with E-state index >= 15 is 0 Å². The smallest absolute Gasteiger partial charge is 0.358 e. The molecule has 100 valence electrons. The van der Waals surface area contributed by atoms with Gasteiger partial charge in [-0.25, -0.2) is 4.79 Å². The predicted octanol–water partition coefficient (Wildman–Crippen LogP) is 3.12. The highest BCUT2D eigenvalue weighted by atomic mass is 16.4. The van der Waals surface area contributed by atoms with Crippen LogP contribution in [-0.2, 0) is 4.79 Å². The molecule has 2 aromatic carbocycles. The highest BCUT2D eigenvalue weighted by molar-refractivity contribution is 6.43. The number of carboxylic acids is 1. The molecule has 0 aliphatic heterocycles. The lowest BCUT2D eigenvalue weighted by Crippen LogP contribution is -2.15. The van der Waals surface area contributed by atoms with Gasteiger partial charge in [0.05, 0.1) is 0 Å². The summed E-state index contributed by atoms with van der Waals surface area (Å²) in [6.07, 6.45) is 3.66. The van der Waals surface area contributed by atoms with Gasteiger partial charge in [0.15, 0.2) is 5.71 Å². The zero-order chi connectivity index (χ0) is 14.4. The summed E-state index contributed by atoms with van der Waals surface area (Å²) in [6, 6.07) is 16.5. The molecule has 0 saturated heterocycles. The molecule has 2 N–H and O–H groups in total. The molecule has 4 heteroatoms. The Morgan fingerprint density at radius 2 is 1.60 bits per heavy atom. The lowest BCUT2D eigenvalue weighted by atomic mass is 10.0. The molecular formula is C16H13NO3. The number of carboxylic acid groups (broad SMARTS) is 1. The van der Waals surface area contributed by atoms with Gasteiger partial charge in [-0.05, 0) is 11.1 Å². The topological polar surface area (TPSA) is 69.9 Å². The van der Waals surface area contributed by atoms with Crippen molar-refractivity contribution < 1.29 is 15.1 Å². The van der Waals surface area contributed by atoms with Crippen LogP contribution >= 0.6 is 0 Å². The standard InChI is InChI=1S/C16H13NO3/c18-16(19)15(17-20)14-9-5-4-8-13(14)11-10-12-6-2-1-3-7-12/h1-11,20H,(H,18,19)/b11-10+,17-15-. The summed E-state index contributed by atoms with van der Waals surface area (Å²) in [5, 5.41) is 20.7. The van der Waals surface area contributed by atoms with Crippen LogP contribution in [0.3, 0.4) is 0 Å². The van der Waals surface area contributed by atoms with E-state index in [-0.39, 0.29) is 5.71 Å². The minimum Gasteiger partial charge on any atom is -0.476 e. The average Bonchev–Trinajstić information content (AvgIpc) is 2.48. The Kier molecular flexibility index (Phi) is 4.29. The van der Waals surface area contributed by atoms with Crippen molar-refractivity contribution in [2.24, 2.45) is 5.16 Å². The molecule has 0 radical (unpaired) electrons. The lowest BCUT2D eigenvalue weighted by molar-refractivity contribution is -0.129. The first-order valence-corrected chi connectivity index (χ1v) is 6.00. The molecule has 0 fully saturated rings. The Labute approximate surface area is 116 Å². The number of aliphatic carboxylic acids is 1. The Balaban J connectivity index is 2.39. The fourth-order valence-electron chi connectivity index (χ4n) is 1.82. The molecule has 0 spiro atoms. The first-order chi connectivity index (χ1) is 9.72. The quantitative estimate of drug-likeness (QED) is 0.387. The first-order valence-electron chi connectivity index (χ1n) is 6.00. The van der Waals surface area contributed by atoms with E-state index in [9.17, 15) is 4.79 Å². The van der Waals surface area contributed by atoms with Crippen LogP contribution in [0.5, 0.6) is 0 Å². The molecule has 0 aliphatic carbocycles. The van der Waals surface area contributed by atoms with E-state index in [1.807, 2.05) is 36.4 Å².